The second kappa shape index (κ2) is 2.48. The summed E-state index contributed by atoms with van der Waals surface area (Å²) in [5.74, 6) is 0.848. The number of hydrogen-bond acceptors (Lipinski definition) is 2. The molecular formula is C11H20N2. The third kappa shape index (κ3) is 1.15. The number of hydrogen-bond donors (Lipinski definition) is 1. The van der Waals surface area contributed by atoms with Crippen molar-refractivity contribution >= 4 is 0 Å². The van der Waals surface area contributed by atoms with Crippen LogP contribution in [0.2, 0.25) is 0 Å². The maximum absolute atomic E-state index is 6.30. The predicted molar refractivity (Wildman–Crippen MR) is 53.4 cm³/mol. The minimum Gasteiger partial charge on any atom is -0.325 e. The fraction of sp³-hybridized carbons (Fsp3) is 1.00. The number of piperidine rings is 1. The SMILES string of the molecule is CN1C2CCC1CC(C1(N)CC1)C2. The van der Waals surface area contributed by atoms with E-state index in [1.54, 1.807) is 0 Å². The van der Waals surface area contributed by atoms with Crippen molar-refractivity contribution < 1.29 is 0 Å². The smallest absolute Gasteiger partial charge is 0.0185 e. The van der Waals surface area contributed by atoms with E-state index in [9.17, 15) is 0 Å². The van der Waals surface area contributed by atoms with Gasteiger partial charge in [0.2, 0.25) is 0 Å². The number of fused-ring (bicyclic) bond motifs is 2. The Morgan fingerprint density at radius 1 is 1.15 bits per heavy atom. The maximum Gasteiger partial charge on any atom is 0.0185 e. The normalized spacial score (nSPS) is 48.0. The summed E-state index contributed by atoms with van der Waals surface area (Å²) in [6.07, 6.45) is 8.19. The van der Waals surface area contributed by atoms with Gasteiger partial charge in [0.05, 0.1) is 0 Å². The number of rotatable bonds is 1. The molecule has 2 heterocycles. The van der Waals surface area contributed by atoms with Gasteiger partial charge in [0.15, 0.2) is 0 Å². The van der Waals surface area contributed by atoms with Crippen LogP contribution in [-0.2, 0) is 0 Å². The summed E-state index contributed by atoms with van der Waals surface area (Å²) >= 11 is 0. The molecule has 0 radical (unpaired) electrons. The van der Waals surface area contributed by atoms with Crippen molar-refractivity contribution in [3.8, 4) is 0 Å². The number of nitrogens with zero attached hydrogens (tertiary/aromatic N) is 1. The summed E-state index contributed by atoms with van der Waals surface area (Å²) in [5, 5.41) is 0. The fourth-order valence-corrected chi connectivity index (χ4v) is 3.43. The average Bonchev–Trinajstić information content (AvgIpc) is 2.81. The molecule has 0 aromatic rings. The van der Waals surface area contributed by atoms with Crippen LogP contribution < -0.4 is 5.73 Å². The molecule has 13 heavy (non-hydrogen) atoms. The molecule has 2 aliphatic heterocycles. The van der Waals surface area contributed by atoms with Crippen molar-refractivity contribution in [2.24, 2.45) is 11.7 Å². The largest absolute Gasteiger partial charge is 0.325 e. The highest BCUT2D eigenvalue weighted by Crippen LogP contribution is 2.49. The van der Waals surface area contributed by atoms with E-state index in [4.69, 9.17) is 5.73 Å². The van der Waals surface area contributed by atoms with Gasteiger partial charge in [0.1, 0.15) is 0 Å². The van der Waals surface area contributed by atoms with Crippen molar-refractivity contribution in [2.45, 2.75) is 56.1 Å². The van der Waals surface area contributed by atoms with Gasteiger partial charge in [-0.1, -0.05) is 0 Å². The zero-order valence-electron chi connectivity index (χ0n) is 8.50. The Kier molecular flexibility index (Phi) is 1.58. The first-order valence-electron chi connectivity index (χ1n) is 5.70. The van der Waals surface area contributed by atoms with E-state index in [0.29, 0.717) is 0 Å². The lowest BCUT2D eigenvalue weighted by atomic mass is 9.84. The lowest BCUT2D eigenvalue weighted by Crippen LogP contribution is -2.46. The molecule has 3 rings (SSSR count). The summed E-state index contributed by atoms with van der Waals surface area (Å²) in [7, 11) is 2.30. The van der Waals surface area contributed by atoms with Crippen molar-refractivity contribution in [2.75, 3.05) is 7.05 Å². The molecule has 3 fully saturated rings. The van der Waals surface area contributed by atoms with E-state index in [2.05, 4.69) is 11.9 Å². The van der Waals surface area contributed by atoms with Crippen molar-refractivity contribution in [1.82, 2.24) is 4.90 Å². The highest BCUT2D eigenvalue weighted by molar-refractivity contribution is 5.09. The Morgan fingerprint density at radius 3 is 2.15 bits per heavy atom. The molecule has 0 spiro atoms. The minimum atomic E-state index is 0.280. The van der Waals surface area contributed by atoms with Crippen LogP contribution in [0.5, 0.6) is 0 Å². The molecular weight excluding hydrogens is 160 g/mol. The highest BCUT2D eigenvalue weighted by Gasteiger charge is 2.51. The van der Waals surface area contributed by atoms with Gasteiger partial charge in [-0.05, 0) is 51.5 Å². The monoisotopic (exact) mass is 180 g/mol. The van der Waals surface area contributed by atoms with E-state index >= 15 is 0 Å². The van der Waals surface area contributed by atoms with Crippen LogP contribution in [0, 0.1) is 5.92 Å². The first-order chi connectivity index (χ1) is 6.19. The Bertz CT molecular complexity index is 208. The molecule has 2 heteroatoms. The highest BCUT2D eigenvalue weighted by atomic mass is 15.2. The Labute approximate surface area is 80.5 Å². The number of nitrogens with two attached hydrogens (primary N) is 1. The van der Waals surface area contributed by atoms with Crippen LogP contribution in [0.25, 0.3) is 0 Å². The van der Waals surface area contributed by atoms with Crippen LogP contribution in [0.3, 0.4) is 0 Å². The second-order valence-electron chi connectivity index (χ2n) is 5.45. The molecule has 0 amide bonds. The van der Waals surface area contributed by atoms with Crippen molar-refractivity contribution in [3.63, 3.8) is 0 Å². The standard InChI is InChI=1S/C11H20N2/c1-13-9-2-3-10(13)7-8(6-9)11(12)4-5-11/h8-10H,2-7,12H2,1H3. The predicted octanol–water partition coefficient (Wildman–Crippen LogP) is 1.35. The molecule has 2 N–H and O–H groups in total. The summed E-state index contributed by atoms with van der Waals surface area (Å²) in [6, 6.07) is 1.73. The second-order valence-corrected chi connectivity index (χ2v) is 5.45. The van der Waals surface area contributed by atoms with Gasteiger partial charge < -0.3 is 10.6 Å². The third-order valence-corrected chi connectivity index (χ3v) is 4.74. The molecule has 2 unspecified atom stereocenters. The van der Waals surface area contributed by atoms with Gasteiger partial charge in [0, 0.05) is 17.6 Å². The van der Waals surface area contributed by atoms with Gasteiger partial charge in [0.25, 0.3) is 0 Å². The van der Waals surface area contributed by atoms with Gasteiger partial charge in [-0.3, -0.25) is 0 Å². The van der Waals surface area contributed by atoms with Crippen LogP contribution in [0.4, 0.5) is 0 Å². The zero-order valence-corrected chi connectivity index (χ0v) is 8.50. The fourth-order valence-electron chi connectivity index (χ4n) is 3.43. The van der Waals surface area contributed by atoms with Crippen molar-refractivity contribution in [1.29, 1.82) is 0 Å². The first kappa shape index (κ1) is 8.25. The van der Waals surface area contributed by atoms with E-state index in [1.807, 2.05) is 0 Å². The van der Waals surface area contributed by atoms with E-state index in [-0.39, 0.29) is 5.54 Å². The average molecular weight is 180 g/mol. The molecule has 0 aromatic heterocycles. The summed E-state index contributed by atoms with van der Waals surface area (Å²) in [4.78, 5) is 2.60. The van der Waals surface area contributed by atoms with Crippen LogP contribution in [-0.4, -0.2) is 29.6 Å². The zero-order chi connectivity index (χ0) is 9.05. The van der Waals surface area contributed by atoms with Gasteiger partial charge >= 0.3 is 0 Å². The Morgan fingerprint density at radius 2 is 1.69 bits per heavy atom. The van der Waals surface area contributed by atoms with E-state index in [1.165, 1.54) is 38.5 Å². The van der Waals surface area contributed by atoms with Gasteiger partial charge in [-0.25, -0.2) is 0 Å². The molecule has 0 aromatic carbocycles. The van der Waals surface area contributed by atoms with E-state index < -0.39 is 0 Å². The molecule has 74 valence electrons. The summed E-state index contributed by atoms with van der Waals surface area (Å²) < 4.78 is 0. The third-order valence-electron chi connectivity index (χ3n) is 4.74. The quantitative estimate of drug-likeness (QED) is 0.660. The summed E-state index contributed by atoms with van der Waals surface area (Å²) in [5.41, 5.74) is 6.58. The first-order valence-corrected chi connectivity index (χ1v) is 5.70. The molecule has 2 saturated heterocycles. The molecule has 2 bridgehead atoms. The van der Waals surface area contributed by atoms with Crippen LogP contribution >= 0.6 is 0 Å². The molecule has 2 atom stereocenters. The molecule has 3 aliphatic rings. The van der Waals surface area contributed by atoms with Gasteiger partial charge in [-0.2, -0.15) is 0 Å². The van der Waals surface area contributed by atoms with Crippen LogP contribution in [0.15, 0.2) is 0 Å². The Balaban J connectivity index is 1.76. The lowest BCUT2D eigenvalue weighted by Gasteiger charge is -2.39. The molecule has 1 aliphatic carbocycles. The molecule has 2 nitrogen and oxygen atoms in total. The molecule has 1 saturated carbocycles. The lowest BCUT2D eigenvalue weighted by molar-refractivity contribution is 0.116. The van der Waals surface area contributed by atoms with Crippen LogP contribution in [0.1, 0.15) is 38.5 Å². The van der Waals surface area contributed by atoms with Crippen molar-refractivity contribution in [3.05, 3.63) is 0 Å². The summed E-state index contributed by atoms with van der Waals surface area (Å²) in [6.45, 7) is 0. The van der Waals surface area contributed by atoms with Gasteiger partial charge in [-0.15, -0.1) is 0 Å². The van der Waals surface area contributed by atoms with E-state index in [0.717, 1.165) is 18.0 Å². The topological polar surface area (TPSA) is 29.3 Å². The Hall–Kier alpha value is -0.0800. The maximum atomic E-state index is 6.30. The minimum absolute atomic E-state index is 0.280.